The molecule has 5 nitrogen and oxygen atoms in total. The second-order valence-corrected chi connectivity index (χ2v) is 4.18. The minimum atomic E-state index is -0.855. The molecule has 0 spiro atoms. The molecule has 0 fully saturated rings. The third kappa shape index (κ3) is 4.18. The molecule has 1 aromatic rings. The Morgan fingerprint density at radius 1 is 1.39 bits per heavy atom. The number of rotatable bonds is 6. The van der Waals surface area contributed by atoms with E-state index in [0.29, 0.717) is 12.1 Å². The predicted octanol–water partition coefficient (Wildman–Crippen LogP) is 1.24. The van der Waals surface area contributed by atoms with E-state index >= 15 is 0 Å². The topological polar surface area (TPSA) is 92.4 Å². The number of nitrogens with one attached hydrogen (secondary N) is 1. The van der Waals surface area contributed by atoms with Crippen molar-refractivity contribution in [3.63, 3.8) is 0 Å². The van der Waals surface area contributed by atoms with Crippen LogP contribution in [-0.4, -0.2) is 23.5 Å². The lowest BCUT2D eigenvalue weighted by atomic mass is 10.1. The number of carboxylic acids is 1. The number of aryl methyl sites for hydroxylation is 1. The molecule has 1 atom stereocenters. The quantitative estimate of drug-likeness (QED) is 0.708. The van der Waals surface area contributed by atoms with E-state index in [2.05, 4.69) is 5.32 Å². The average molecular weight is 250 g/mol. The van der Waals surface area contributed by atoms with E-state index in [1.54, 1.807) is 19.1 Å². The van der Waals surface area contributed by atoms with Gasteiger partial charge in [0.25, 0.3) is 0 Å². The number of hydrogen-bond donors (Lipinski definition) is 3. The Morgan fingerprint density at radius 3 is 2.67 bits per heavy atom. The van der Waals surface area contributed by atoms with Gasteiger partial charge in [0.1, 0.15) is 0 Å². The van der Waals surface area contributed by atoms with Gasteiger partial charge >= 0.3 is 5.97 Å². The van der Waals surface area contributed by atoms with Gasteiger partial charge in [-0.25, -0.2) is 0 Å². The second-order valence-electron chi connectivity index (χ2n) is 4.18. The monoisotopic (exact) mass is 250 g/mol. The summed E-state index contributed by atoms with van der Waals surface area (Å²) in [4.78, 5) is 22.3. The number of para-hydroxylation sites is 1. The number of carbonyl (C=O) groups is 2. The summed E-state index contributed by atoms with van der Waals surface area (Å²) in [6.07, 6.45) is 0.433. The number of carbonyl (C=O) groups excluding carboxylic acids is 1. The fourth-order valence-electron chi connectivity index (χ4n) is 1.46. The van der Waals surface area contributed by atoms with E-state index in [1.165, 1.54) is 0 Å². The second kappa shape index (κ2) is 6.76. The lowest BCUT2D eigenvalue weighted by molar-refractivity contribution is -0.137. The first-order valence-electron chi connectivity index (χ1n) is 5.85. The summed E-state index contributed by atoms with van der Waals surface area (Å²) in [5, 5.41) is 11.4. The molecule has 0 radical (unpaired) electrons. The van der Waals surface area contributed by atoms with Gasteiger partial charge in [-0.2, -0.15) is 0 Å². The predicted molar refractivity (Wildman–Crippen MR) is 69.2 cm³/mol. The smallest absolute Gasteiger partial charge is 0.303 e. The van der Waals surface area contributed by atoms with Gasteiger partial charge < -0.3 is 16.2 Å². The Labute approximate surface area is 106 Å². The molecule has 0 bridgehead atoms. The maximum atomic E-state index is 11.7. The van der Waals surface area contributed by atoms with E-state index in [9.17, 15) is 9.59 Å². The molecule has 18 heavy (non-hydrogen) atoms. The van der Waals surface area contributed by atoms with Crippen molar-refractivity contribution >= 4 is 17.6 Å². The first-order chi connectivity index (χ1) is 8.54. The zero-order valence-corrected chi connectivity index (χ0v) is 10.3. The molecule has 1 rings (SSSR count). The van der Waals surface area contributed by atoms with Crippen LogP contribution in [0.15, 0.2) is 24.3 Å². The lowest BCUT2D eigenvalue weighted by Crippen LogP contribution is -2.27. The van der Waals surface area contributed by atoms with Crippen LogP contribution >= 0.6 is 0 Å². The van der Waals surface area contributed by atoms with Crippen molar-refractivity contribution < 1.29 is 14.7 Å². The number of nitrogens with two attached hydrogens (primary N) is 1. The van der Waals surface area contributed by atoms with Crippen LogP contribution in [0.5, 0.6) is 0 Å². The molecule has 0 saturated carbocycles. The molecule has 0 aromatic heterocycles. The standard InChI is InChI=1S/C13H18N2O3/c1-9(8-14)13(18)15-11-5-3-2-4-10(11)6-7-12(16)17/h2-5,9H,6-8,14H2,1H3,(H,15,18)(H,16,17). The van der Waals surface area contributed by atoms with Gasteiger partial charge in [0.15, 0.2) is 0 Å². The number of anilines is 1. The van der Waals surface area contributed by atoms with E-state index in [1.807, 2.05) is 12.1 Å². The molecule has 5 heteroatoms. The van der Waals surface area contributed by atoms with Crippen molar-refractivity contribution in [1.29, 1.82) is 0 Å². The van der Waals surface area contributed by atoms with Gasteiger partial charge in [-0.15, -0.1) is 0 Å². The number of hydrogen-bond acceptors (Lipinski definition) is 3. The molecule has 0 aliphatic heterocycles. The molecule has 1 amide bonds. The highest BCUT2D eigenvalue weighted by Crippen LogP contribution is 2.17. The summed E-state index contributed by atoms with van der Waals surface area (Å²) in [5.74, 6) is -1.27. The fourth-order valence-corrected chi connectivity index (χ4v) is 1.46. The van der Waals surface area contributed by atoms with Crippen molar-refractivity contribution in [2.45, 2.75) is 19.8 Å². The zero-order valence-electron chi connectivity index (χ0n) is 10.3. The highest BCUT2D eigenvalue weighted by Gasteiger charge is 2.13. The Kier molecular flexibility index (Phi) is 5.32. The number of carboxylic acid groups (broad SMARTS) is 1. The fraction of sp³-hybridized carbons (Fsp3) is 0.385. The van der Waals surface area contributed by atoms with Crippen LogP contribution in [0.1, 0.15) is 18.9 Å². The van der Waals surface area contributed by atoms with Gasteiger partial charge in [0.05, 0.1) is 0 Å². The Balaban J connectivity index is 2.75. The molecular formula is C13H18N2O3. The van der Waals surface area contributed by atoms with E-state index in [0.717, 1.165) is 5.56 Å². The largest absolute Gasteiger partial charge is 0.481 e. The van der Waals surface area contributed by atoms with Crippen LogP contribution in [0, 0.1) is 5.92 Å². The molecule has 0 heterocycles. The molecule has 0 saturated heterocycles. The van der Waals surface area contributed by atoms with Crippen LogP contribution in [0.4, 0.5) is 5.69 Å². The summed E-state index contributed by atoms with van der Waals surface area (Å²) < 4.78 is 0. The summed E-state index contributed by atoms with van der Waals surface area (Å²) in [6.45, 7) is 2.03. The highest BCUT2D eigenvalue weighted by molar-refractivity contribution is 5.93. The van der Waals surface area contributed by atoms with E-state index in [4.69, 9.17) is 10.8 Å². The van der Waals surface area contributed by atoms with Crippen molar-refractivity contribution in [1.82, 2.24) is 0 Å². The Bertz CT molecular complexity index is 432. The number of benzene rings is 1. The molecule has 1 unspecified atom stereocenters. The number of amides is 1. The van der Waals surface area contributed by atoms with Gasteiger partial charge in [-0.1, -0.05) is 25.1 Å². The summed E-state index contributed by atoms with van der Waals surface area (Å²) in [7, 11) is 0. The Hall–Kier alpha value is -1.88. The van der Waals surface area contributed by atoms with Gasteiger partial charge in [0, 0.05) is 24.6 Å². The van der Waals surface area contributed by atoms with E-state index < -0.39 is 5.97 Å². The van der Waals surface area contributed by atoms with E-state index in [-0.39, 0.29) is 24.8 Å². The van der Waals surface area contributed by atoms with Crippen LogP contribution in [-0.2, 0) is 16.0 Å². The van der Waals surface area contributed by atoms with Crippen molar-refractivity contribution in [3.05, 3.63) is 29.8 Å². The minimum Gasteiger partial charge on any atom is -0.481 e. The lowest BCUT2D eigenvalue weighted by Gasteiger charge is -2.13. The SMILES string of the molecule is CC(CN)C(=O)Nc1ccccc1CCC(=O)O. The third-order valence-corrected chi connectivity index (χ3v) is 2.68. The van der Waals surface area contributed by atoms with Gasteiger partial charge in [0.2, 0.25) is 5.91 Å². The van der Waals surface area contributed by atoms with Crippen LogP contribution in [0.2, 0.25) is 0 Å². The normalized spacial score (nSPS) is 11.9. The minimum absolute atomic E-state index is 0.0410. The van der Waals surface area contributed by atoms with Crippen LogP contribution in [0.3, 0.4) is 0 Å². The molecule has 4 N–H and O–H groups in total. The van der Waals surface area contributed by atoms with Crippen molar-refractivity contribution in [2.75, 3.05) is 11.9 Å². The molecular weight excluding hydrogens is 232 g/mol. The molecule has 98 valence electrons. The summed E-state index contributed by atoms with van der Waals surface area (Å²) in [5.41, 5.74) is 6.90. The third-order valence-electron chi connectivity index (χ3n) is 2.68. The van der Waals surface area contributed by atoms with Gasteiger partial charge in [-0.3, -0.25) is 9.59 Å². The van der Waals surface area contributed by atoms with Crippen LogP contribution in [0.25, 0.3) is 0 Å². The number of aliphatic carboxylic acids is 1. The molecule has 0 aliphatic rings. The van der Waals surface area contributed by atoms with Crippen LogP contribution < -0.4 is 11.1 Å². The Morgan fingerprint density at radius 2 is 2.06 bits per heavy atom. The summed E-state index contributed by atoms with van der Waals surface area (Å²) >= 11 is 0. The summed E-state index contributed by atoms with van der Waals surface area (Å²) in [6, 6.07) is 7.19. The van der Waals surface area contributed by atoms with Gasteiger partial charge in [-0.05, 0) is 18.1 Å². The van der Waals surface area contributed by atoms with Crippen molar-refractivity contribution in [2.24, 2.45) is 11.7 Å². The molecule has 0 aliphatic carbocycles. The van der Waals surface area contributed by atoms with Crippen molar-refractivity contribution in [3.8, 4) is 0 Å². The maximum absolute atomic E-state index is 11.7. The maximum Gasteiger partial charge on any atom is 0.303 e. The zero-order chi connectivity index (χ0) is 13.5. The first-order valence-corrected chi connectivity index (χ1v) is 5.85. The average Bonchev–Trinajstić information content (AvgIpc) is 2.36. The first kappa shape index (κ1) is 14.2. The highest BCUT2D eigenvalue weighted by atomic mass is 16.4. The molecule has 1 aromatic carbocycles.